The topological polar surface area (TPSA) is 124 Å². The summed E-state index contributed by atoms with van der Waals surface area (Å²) in [7, 11) is 0. The molecule has 2 heterocycles. The largest absolute Gasteiger partial charge is 0.481 e. The number of thioether (sulfide) groups is 1. The number of benzene rings is 2. The molecular formula is C22H20FN5O4S. The summed E-state index contributed by atoms with van der Waals surface area (Å²) in [5.41, 5.74) is 1.09. The summed E-state index contributed by atoms with van der Waals surface area (Å²) in [6.45, 7) is 2.03. The van der Waals surface area contributed by atoms with Crippen LogP contribution in [0.5, 0.6) is 0 Å². The number of fused-ring (bicyclic) bond motifs is 3. The summed E-state index contributed by atoms with van der Waals surface area (Å²) < 4.78 is 16.6. The summed E-state index contributed by atoms with van der Waals surface area (Å²) >= 11 is 1.47. The van der Waals surface area contributed by atoms with Gasteiger partial charge in [-0.1, -0.05) is 30.8 Å². The average Bonchev–Trinajstić information content (AvgIpc) is 3.15. The van der Waals surface area contributed by atoms with Crippen molar-refractivity contribution in [1.29, 1.82) is 0 Å². The zero-order chi connectivity index (χ0) is 23.5. The minimum atomic E-state index is -0.998. The Hall–Kier alpha value is -3.60. The maximum absolute atomic E-state index is 14.9. The first-order valence-electron chi connectivity index (χ1n) is 10.3. The Labute approximate surface area is 192 Å². The zero-order valence-corrected chi connectivity index (χ0v) is 18.5. The second-order valence-electron chi connectivity index (χ2n) is 7.39. The number of aliphatic imine (C=N–C) groups is 1. The quantitative estimate of drug-likeness (QED) is 0.291. The fourth-order valence-corrected chi connectivity index (χ4v) is 4.44. The number of nitro benzene ring substituents is 1. The SMILES string of the molecule is CCCSc1nnc2n1-c1ccc([N+](=O)[O-])cc1C(c1ccccc1F)=N[C@H]2CCC(=O)O. The van der Waals surface area contributed by atoms with Gasteiger partial charge in [0.05, 0.1) is 16.3 Å². The van der Waals surface area contributed by atoms with Crippen molar-refractivity contribution in [2.45, 2.75) is 37.4 Å². The number of aromatic nitrogens is 3. The first kappa shape index (κ1) is 22.6. The van der Waals surface area contributed by atoms with Gasteiger partial charge in [-0.2, -0.15) is 0 Å². The van der Waals surface area contributed by atoms with E-state index in [0.717, 1.165) is 12.2 Å². The molecule has 4 rings (SSSR count). The minimum Gasteiger partial charge on any atom is -0.481 e. The number of carbonyl (C=O) groups is 1. The van der Waals surface area contributed by atoms with Crippen molar-refractivity contribution in [3.8, 4) is 5.69 Å². The lowest BCUT2D eigenvalue weighted by atomic mass is 9.99. The molecule has 1 aliphatic heterocycles. The molecule has 170 valence electrons. The van der Waals surface area contributed by atoms with E-state index in [2.05, 4.69) is 10.2 Å². The van der Waals surface area contributed by atoms with Gasteiger partial charge in [0, 0.05) is 35.4 Å². The second-order valence-corrected chi connectivity index (χ2v) is 8.45. The van der Waals surface area contributed by atoms with Crippen molar-refractivity contribution in [3.05, 3.63) is 75.3 Å². The molecule has 0 unspecified atom stereocenters. The van der Waals surface area contributed by atoms with Crippen LogP contribution < -0.4 is 0 Å². The van der Waals surface area contributed by atoms with Crippen LogP contribution in [-0.4, -0.2) is 42.2 Å². The van der Waals surface area contributed by atoms with Crippen molar-refractivity contribution in [2.24, 2.45) is 4.99 Å². The number of non-ortho nitro benzene ring substituents is 1. The van der Waals surface area contributed by atoms with Crippen molar-refractivity contribution in [2.75, 3.05) is 5.75 Å². The summed E-state index contributed by atoms with van der Waals surface area (Å²) in [5, 5.41) is 29.9. The molecule has 1 atom stereocenters. The van der Waals surface area contributed by atoms with Crippen molar-refractivity contribution in [1.82, 2.24) is 14.8 Å². The van der Waals surface area contributed by atoms with Crippen LogP contribution in [0.3, 0.4) is 0 Å². The molecule has 0 saturated heterocycles. The number of nitrogens with zero attached hydrogens (tertiary/aromatic N) is 5. The van der Waals surface area contributed by atoms with Gasteiger partial charge >= 0.3 is 5.97 Å². The molecule has 1 N–H and O–H groups in total. The highest BCUT2D eigenvalue weighted by atomic mass is 32.2. The fraction of sp³-hybridized carbons (Fsp3) is 0.273. The van der Waals surface area contributed by atoms with Gasteiger partial charge in [0.25, 0.3) is 5.69 Å². The molecule has 1 aliphatic rings. The number of nitro groups is 1. The molecule has 2 aromatic carbocycles. The number of halogens is 1. The monoisotopic (exact) mass is 469 g/mol. The van der Waals surface area contributed by atoms with Gasteiger partial charge in [0.1, 0.15) is 11.9 Å². The Morgan fingerprint density at radius 2 is 2.03 bits per heavy atom. The molecule has 0 radical (unpaired) electrons. The van der Waals surface area contributed by atoms with Crippen LogP contribution in [0.2, 0.25) is 0 Å². The average molecular weight is 469 g/mol. The lowest BCUT2D eigenvalue weighted by Crippen LogP contribution is -2.10. The highest BCUT2D eigenvalue weighted by Crippen LogP contribution is 2.37. The summed E-state index contributed by atoms with van der Waals surface area (Å²) in [5.74, 6) is -0.358. The molecule has 1 aromatic heterocycles. The van der Waals surface area contributed by atoms with Crippen LogP contribution in [0.1, 0.15) is 49.2 Å². The summed E-state index contributed by atoms with van der Waals surface area (Å²) in [4.78, 5) is 27.0. The summed E-state index contributed by atoms with van der Waals surface area (Å²) in [6.07, 6.45) is 0.818. The van der Waals surface area contributed by atoms with Crippen LogP contribution in [-0.2, 0) is 4.79 Å². The number of hydrogen-bond donors (Lipinski definition) is 1. The maximum Gasteiger partial charge on any atom is 0.303 e. The van der Waals surface area contributed by atoms with E-state index >= 15 is 0 Å². The first-order valence-corrected chi connectivity index (χ1v) is 11.3. The van der Waals surface area contributed by atoms with Crippen LogP contribution in [0.4, 0.5) is 10.1 Å². The van der Waals surface area contributed by atoms with Crippen molar-refractivity contribution in [3.63, 3.8) is 0 Å². The van der Waals surface area contributed by atoms with E-state index in [0.29, 0.717) is 22.2 Å². The molecule has 0 saturated carbocycles. The summed E-state index contributed by atoms with van der Waals surface area (Å²) in [6, 6.07) is 9.60. The molecule has 11 heteroatoms. The Morgan fingerprint density at radius 3 is 2.73 bits per heavy atom. The Bertz CT molecular complexity index is 1260. The van der Waals surface area contributed by atoms with Gasteiger partial charge in [-0.15, -0.1) is 10.2 Å². The standard InChI is InChI=1S/C22H20FN5O4S/c1-2-11-33-22-26-25-21-17(8-10-19(29)30)24-20(14-5-3-4-6-16(14)23)15-12-13(28(31)32)7-9-18(15)27(21)22/h3-7,9,12,17H,2,8,10-11H2,1H3,(H,29,30)/t17-/m0/s1. The van der Waals surface area contributed by atoms with E-state index in [4.69, 9.17) is 4.99 Å². The van der Waals surface area contributed by atoms with Crippen molar-refractivity contribution < 1.29 is 19.2 Å². The van der Waals surface area contributed by atoms with Crippen LogP contribution in [0.25, 0.3) is 5.69 Å². The third kappa shape index (κ3) is 4.49. The van der Waals surface area contributed by atoms with Crippen molar-refractivity contribution >= 4 is 29.1 Å². The van der Waals surface area contributed by atoms with E-state index in [-0.39, 0.29) is 29.8 Å². The number of hydrogen-bond acceptors (Lipinski definition) is 7. The van der Waals surface area contributed by atoms with Gasteiger partial charge in [0.15, 0.2) is 11.0 Å². The first-order chi connectivity index (χ1) is 15.9. The Morgan fingerprint density at radius 1 is 1.24 bits per heavy atom. The molecular weight excluding hydrogens is 449 g/mol. The van der Waals surface area contributed by atoms with E-state index in [1.54, 1.807) is 28.8 Å². The van der Waals surface area contributed by atoms with Crippen LogP contribution >= 0.6 is 11.8 Å². The molecule has 9 nitrogen and oxygen atoms in total. The minimum absolute atomic E-state index is 0.111. The van der Waals surface area contributed by atoms with Crippen LogP contribution in [0.15, 0.2) is 52.6 Å². The smallest absolute Gasteiger partial charge is 0.303 e. The number of aliphatic carboxylic acids is 1. The molecule has 0 amide bonds. The number of carboxylic acids is 1. The predicted octanol–water partition coefficient (Wildman–Crippen LogP) is 4.57. The lowest BCUT2D eigenvalue weighted by molar-refractivity contribution is -0.384. The molecule has 33 heavy (non-hydrogen) atoms. The maximum atomic E-state index is 14.9. The third-order valence-electron chi connectivity index (χ3n) is 5.12. The molecule has 0 spiro atoms. The fourth-order valence-electron chi connectivity index (χ4n) is 3.64. The highest BCUT2D eigenvalue weighted by Gasteiger charge is 2.31. The van der Waals surface area contributed by atoms with Crippen LogP contribution in [0, 0.1) is 15.9 Å². The van der Waals surface area contributed by atoms with E-state index in [1.807, 2.05) is 6.92 Å². The number of carboxylic acid groups (broad SMARTS) is 1. The molecule has 0 aliphatic carbocycles. The van der Waals surface area contributed by atoms with E-state index in [9.17, 15) is 24.4 Å². The molecule has 0 bridgehead atoms. The van der Waals surface area contributed by atoms with Gasteiger partial charge in [0.2, 0.25) is 0 Å². The van der Waals surface area contributed by atoms with E-state index in [1.165, 1.54) is 30.0 Å². The highest BCUT2D eigenvalue weighted by molar-refractivity contribution is 7.99. The van der Waals surface area contributed by atoms with Gasteiger partial charge < -0.3 is 5.11 Å². The van der Waals surface area contributed by atoms with Gasteiger partial charge in [-0.25, -0.2) is 4.39 Å². The zero-order valence-electron chi connectivity index (χ0n) is 17.6. The lowest BCUT2D eigenvalue weighted by Gasteiger charge is -2.13. The number of rotatable bonds is 8. The van der Waals surface area contributed by atoms with Gasteiger partial charge in [-0.05, 0) is 31.0 Å². The predicted molar refractivity (Wildman–Crippen MR) is 121 cm³/mol. The third-order valence-corrected chi connectivity index (χ3v) is 6.26. The molecule has 3 aromatic rings. The Balaban J connectivity index is 2.00. The van der Waals surface area contributed by atoms with E-state index < -0.39 is 22.8 Å². The molecule has 0 fully saturated rings. The van der Waals surface area contributed by atoms with Gasteiger partial charge in [-0.3, -0.25) is 24.5 Å². The second kappa shape index (κ2) is 9.49. The normalized spacial score (nSPS) is 14.7. The Kier molecular flexibility index (Phi) is 6.50.